The molecule has 0 spiro atoms. The Hall–Kier alpha value is -0.580. The van der Waals surface area contributed by atoms with Crippen molar-refractivity contribution in [2.45, 2.75) is 23.2 Å². The maximum Gasteiger partial charge on any atom is 0.137 e. The minimum absolute atomic E-state index is 0.259. The molecule has 0 saturated carbocycles. The van der Waals surface area contributed by atoms with Crippen molar-refractivity contribution in [3.63, 3.8) is 0 Å². The lowest BCUT2D eigenvalue weighted by Gasteiger charge is -2.26. The molecule has 0 bridgehead atoms. The van der Waals surface area contributed by atoms with Gasteiger partial charge in [0.15, 0.2) is 0 Å². The van der Waals surface area contributed by atoms with Gasteiger partial charge in [0.2, 0.25) is 0 Å². The Labute approximate surface area is 92.4 Å². The maximum absolute atomic E-state index is 13.6. The summed E-state index contributed by atoms with van der Waals surface area (Å²) in [5.74, 6) is -0.259. The zero-order valence-electron chi connectivity index (χ0n) is 8.44. The molecule has 1 heterocycles. The summed E-state index contributed by atoms with van der Waals surface area (Å²) in [4.78, 5) is 0.556. The Balaban J connectivity index is 2.25. The second-order valence-electron chi connectivity index (χ2n) is 3.61. The predicted molar refractivity (Wildman–Crippen MR) is 57.5 cm³/mol. The molecule has 2 rings (SSSR count). The molecule has 0 amide bonds. The third kappa shape index (κ3) is 2.33. The summed E-state index contributed by atoms with van der Waals surface area (Å²) >= 11 is 1.45. The number of aliphatic hydroxyl groups excluding tert-OH is 1. The van der Waals surface area contributed by atoms with Crippen LogP contribution in [0.3, 0.4) is 0 Å². The van der Waals surface area contributed by atoms with E-state index in [1.165, 1.54) is 17.8 Å². The van der Waals surface area contributed by atoms with Crippen LogP contribution in [0, 0.1) is 5.82 Å². The van der Waals surface area contributed by atoms with Crippen LogP contribution in [0.15, 0.2) is 23.1 Å². The van der Waals surface area contributed by atoms with Crippen molar-refractivity contribution in [1.29, 1.82) is 0 Å². The van der Waals surface area contributed by atoms with Crippen molar-refractivity contribution in [2.75, 3.05) is 13.2 Å². The molecule has 1 aliphatic heterocycles. The normalized spacial score (nSPS) is 18.6. The van der Waals surface area contributed by atoms with E-state index in [0.717, 1.165) is 0 Å². The fourth-order valence-corrected chi connectivity index (χ4v) is 2.64. The van der Waals surface area contributed by atoms with Gasteiger partial charge in [-0.25, -0.2) is 4.39 Å². The van der Waals surface area contributed by atoms with Crippen LogP contribution in [0.2, 0.25) is 0 Å². The first-order valence-electron chi connectivity index (χ1n) is 4.89. The lowest BCUT2D eigenvalue weighted by atomic mass is 10.1. The summed E-state index contributed by atoms with van der Waals surface area (Å²) in [5, 5.41) is 9.84. The molecule has 1 atom stereocenters. The molecule has 1 aromatic rings. The Morgan fingerprint density at radius 2 is 2.27 bits per heavy atom. The predicted octanol–water partition coefficient (Wildman–Crippen LogP) is 2.37. The third-order valence-electron chi connectivity index (χ3n) is 2.34. The van der Waals surface area contributed by atoms with Gasteiger partial charge in [-0.3, -0.25) is 0 Å². The first kappa shape index (κ1) is 10.9. The molecule has 1 aromatic carbocycles. The van der Waals surface area contributed by atoms with E-state index < -0.39 is 6.10 Å². The minimum Gasteiger partial charge on any atom is -0.389 e. The van der Waals surface area contributed by atoms with Gasteiger partial charge in [-0.15, -0.1) is 11.8 Å². The first-order valence-corrected chi connectivity index (χ1v) is 5.77. The largest absolute Gasteiger partial charge is 0.389 e. The van der Waals surface area contributed by atoms with Crippen LogP contribution in [0.5, 0.6) is 0 Å². The van der Waals surface area contributed by atoms with Crippen molar-refractivity contribution >= 4 is 11.8 Å². The number of ether oxygens (including phenoxy) is 1. The van der Waals surface area contributed by atoms with Crippen molar-refractivity contribution in [3.8, 4) is 0 Å². The van der Waals surface area contributed by atoms with Crippen LogP contribution >= 0.6 is 11.8 Å². The van der Waals surface area contributed by atoms with Gasteiger partial charge >= 0.3 is 0 Å². The Bertz CT molecular complexity index is 350. The molecule has 2 nitrogen and oxygen atoms in total. The monoisotopic (exact) mass is 228 g/mol. The number of thioether (sulfide) groups is 1. The lowest BCUT2D eigenvalue weighted by molar-refractivity contribution is 0.0454. The number of rotatable bonds is 3. The molecule has 4 heteroatoms. The highest BCUT2D eigenvalue weighted by Gasteiger charge is 2.23. The third-order valence-corrected chi connectivity index (χ3v) is 3.61. The smallest absolute Gasteiger partial charge is 0.137 e. The molecular formula is C11H13FO2S. The van der Waals surface area contributed by atoms with Gasteiger partial charge in [0, 0.05) is 4.90 Å². The second kappa shape index (κ2) is 4.51. The summed E-state index contributed by atoms with van der Waals surface area (Å²) in [5.41, 5.74) is 0.659. The Kier molecular flexibility index (Phi) is 3.29. The molecule has 1 aliphatic rings. The molecule has 1 fully saturated rings. The number of benzene rings is 1. The molecule has 15 heavy (non-hydrogen) atoms. The zero-order valence-corrected chi connectivity index (χ0v) is 9.26. The standard InChI is InChI=1S/C11H13FO2S/c1-7(13)9-3-2-4-10(12)11(9)15-8-5-14-6-8/h2-4,7-8,13H,5-6H2,1H3. The van der Waals surface area contributed by atoms with Gasteiger partial charge in [-0.2, -0.15) is 0 Å². The molecule has 1 saturated heterocycles. The number of aliphatic hydroxyl groups is 1. The summed E-state index contributed by atoms with van der Waals surface area (Å²) in [6, 6.07) is 4.81. The molecule has 0 aliphatic carbocycles. The lowest BCUT2D eigenvalue weighted by Crippen LogP contribution is -2.30. The highest BCUT2D eigenvalue weighted by molar-refractivity contribution is 8.00. The second-order valence-corrected chi connectivity index (χ2v) is 4.92. The van der Waals surface area contributed by atoms with E-state index in [4.69, 9.17) is 4.74 Å². The van der Waals surface area contributed by atoms with Crippen molar-refractivity contribution in [1.82, 2.24) is 0 Å². The van der Waals surface area contributed by atoms with Crippen molar-refractivity contribution in [2.24, 2.45) is 0 Å². The van der Waals surface area contributed by atoms with E-state index in [0.29, 0.717) is 28.9 Å². The maximum atomic E-state index is 13.6. The number of hydrogen-bond acceptors (Lipinski definition) is 3. The summed E-state index contributed by atoms with van der Waals surface area (Å²) in [6.07, 6.45) is -0.635. The van der Waals surface area contributed by atoms with E-state index in [1.807, 2.05) is 0 Å². The number of hydrogen-bond donors (Lipinski definition) is 1. The quantitative estimate of drug-likeness (QED) is 0.861. The summed E-state index contributed by atoms with van der Waals surface area (Å²) in [7, 11) is 0. The van der Waals surface area contributed by atoms with Gasteiger partial charge in [-0.05, 0) is 18.6 Å². The van der Waals surface area contributed by atoms with Gasteiger partial charge in [0.25, 0.3) is 0 Å². The molecule has 1 unspecified atom stereocenters. The van der Waals surface area contributed by atoms with E-state index in [9.17, 15) is 9.50 Å². The SMILES string of the molecule is CC(O)c1cccc(F)c1SC1COC1. The highest BCUT2D eigenvalue weighted by atomic mass is 32.2. The van der Waals surface area contributed by atoms with E-state index >= 15 is 0 Å². The zero-order chi connectivity index (χ0) is 10.8. The first-order chi connectivity index (χ1) is 7.18. The van der Waals surface area contributed by atoms with Gasteiger partial charge in [0.1, 0.15) is 5.82 Å². The Morgan fingerprint density at radius 3 is 2.80 bits per heavy atom. The van der Waals surface area contributed by atoms with Gasteiger partial charge in [0.05, 0.1) is 24.6 Å². The van der Waals surface area contributed by atoms with E-state index in [1.54, 1.807) is 19.1 Å². The topological polar surface area (TPSA) is 29.5 Å². The highest BCUT2D eigenvalue weighted by Crippen LogP contribution is 2.35. The van der Waals surface area contributed by atoms with Crippen LogP contribution in [-0.2, 0) is 4.74 Å². The molecule has 0 aromatic heterocycles. The van der Waals surface area contributed by atoms with Crippen LogP contribution in [-0.4, -0.2) is 23.6 Å². The van der Waals surface area contributed by atoms with E-state index in [2.05, 4.69) is 0 Å². The fraction of sp³-hybridized carbons (Fsp3) is 0.455. The molecule has 1 N–H and O–H groups in total. The van der Waals surface area contributed by atoms with Crippen LogP contribution < -0.4 is 0 Å². The van der Waals surface area contributed by atoms with Crippen molar-refractivity contribution in [3.05, 3.63) is 29.6 Å². The Morgan fingerprint density at radius 1 is 1.53 bits per heavy atom. The van der Waals surface area contributed by atoms with Gasteiger partial charge < -0.3 is 9.84 Å². The molecule has 0 radical (unpaired) electrons. The van der Waals surface area contributed by atoms with Crippen molar-refractivity contribution < 1.29 is 14.2 Å². The average Bonchev–Trinajstić information content (AvgIpc) is 2.12. The van der Waals surface area contributed by atoms with E-state index in [-0.39, 0.29) is 5.82 Å². The van der Waals surface area contributed by atoms with Gasteiger partial charge in [-0.1, -0.05) is 12.1 Å². The molecule has 82 valence electrons. The summed E-state index contributed by atoms with van der Waals surface area (Å²) < 4.78 is 18.6. The average molecular weight is 228 g/mol. The van der Waals surface area contributed by atoms with Crippen LogP contribution in [0.4, 0.5) is 4.39 Å². The molecular weight excluding hydrogens is 215 g/mol. The number of halogens is 1. The van der Waals surface area contributed by atoms with Crippen LogP contribution in [0.1, 0.15) is 18.6 Å². The fourth-order valence-electron chi connectivity index (χ4n) is 1.43. The summed E-state index contributed by atoms with van der Waals surface area (Å²) in [6.45, 7) is 2.98. The minimum atomic E-state index is -0.635. The van der Waals surface area contributed by atoms with Crippen LogP contribution in [0.25, 0.3) is 0 Å².